The summed E-state index contributed by atoms with van der Waals surface area (Å²) in [5.74, 6) is -0.344. The molecule has 2 aromatic rings. The first kappa shape index (κ1) is 13.6. The van der Waals surface area contributed by atoms with Gasteiger partial charge in [-0.2, -0.15) is 5.10 Å². The molecule has 0 radical (unpaired) electrons. The second-order valence-corrected chi connectivity index (χ2v) is 5.16. The summed E-state index contributed by atoms with van der Waals surface area (Å²) in [6.45, 7) is 0.958. The van der Waals surface area contributed by atoms with Gasteiger partial charge in [-0.05, 0) is 24.3 Å². The Morgan fingerprint density at radius 2 is 2.14 bits per heavy atom. The van der Waals surface area contributed by atoms with Gasteiger partial charge < -0.3 is 9.80 Å². The third-order valence-electron chi connectivity index (χ3n) is 3.36. The number of anilines is 1. The van der Waals surface area contributed by atoms with E-state index in [2.05, 4.69) is 10.2 Å². The summed E-state index contributed by atoms with van der Waals surface area (Å²) < 4.78 is 0. The Kier molecular flexibility index (Phi) is 3.62. The molecule has 1 saturated heterocycles. The lowest BCUT2D eigenvalue weighted by Crippen LogP contribution is -2.52. The van der Waals surface area contributed by atoms with Crippen molar-refractivity contribution in [3.8, 4) is 0 Å². The van der Waals surface area contributed by atoms with Crippen LogP contribution < -0.4 is 4.90 Å². The van der Waals surface area contributed by atoms with Gasteiger partial charge in [0.05, 0.1) is 0 Å². The topological polar surface area (TPSA) is 69.3 Å². The highest BCUT2D eigenvalue weighted by molar-refractivity contribution is 6.30. The van der Waals surface area contributed by atoms with Gasteiger partial charge in [-0.3, -0.25) is 14.7 Å². The Bertz CT molecular complexity index is 671. The fraction of sp³-hybridized carbons (Fsp3) is 0.214. The highest BCUT2D eigenvalue weighted by Crippen LogP contribution is 2.21. The number of rotatable bonds is 2. The lowest BCUT2D eigenvalue weighted by atomic mass is 10.2. The molecule has 3 rings (SSSR count). The molecule has 0 atom stereocenters. The van der Waals surface area contributed by atoms with Crippen LogP contribution in [0.1, 0.15) is 10.5 Å². The lowest BCUT2D eigenvalue weighted by molar-refractivity contribution is -0.120. The molecule has 1 aromatic heterocycles. The molecule has 21 heavy (non-hydrogen) atoms. The number of nitrogens with one attached hydrogen (secondary N) is 1. The van der Waals surface area contributed by atoms with Crippen molar-refractivity contribution < 1.29 is 9.59 Å². The molecule has 108 valence electrons. The minimum Gasteiger partial charge on any atom is -0.326 e. The largest absolute Gasteiger partial charge is 0.326 e. The number of carbonyl (C=O) groups is 2. The number of benzene rings is 1. The van der Waals surface area contributed by atoms with E-state index >= 15 is 0 Å². The van der Waals surface area contributed by atoms with Gasteiger partial charge in [0.1, 0.15) is 12.2 Å². The first-order chi connectivity index (χ1) is 10.1. The highest BCUT2D eigenvalue weighted by Gasteiger charge is 2.29. The quantitative estimate of drug-likeness (QED) is 0.915. The standard InChI is InChI=1S/C14H13ClN4O2/c15-10-2-1-3-11(8-10)19-7-6-18(9-13(19)20)14(21)12-4-5-16-17-12/h1-5,8H,6-7,9H2,(H,16,17). The predicted octanol–water partition coefficient (Wildman–Crippen LogP) is 1.55. The SMILES string of the molecule is O=C(c1ccn[nH]1)N1CCN(c2cccc(Cl)c2)C(=O)C1. The van der Waals surface area contributed by atoms with Crippen LogP contribution in [-0.4, -0.2) is 46.5 Å². The van der Waals surface area contributed by atoms with Crippen LogP contribution >= 0.6 is 11.6 Å². The molecule has 0 bridgehead atoms. The van der Waals surface area contributed by atoms with Crippen molar-refractivity contribution in [2.24, 2.45) is 0 Å². The molecule has 0 saturated carbocycles. The number of halogens is 1. The molecule has 1 aliphatic heterocycles. The van der Waals surface area contributed by atoms with Crippen LogP contribution in [0.5, 0.6) is 0 Å². The third kappa shape index (κ3) is 2.75. The molecule has 6 nitrogen and oxygen atoms in total. The van der Waals surface area contributed by atoms with Gasteiger partial charge in [0.25, 0.3) is 5.91 Å². The maximum atomic E-state index is 12.3. The average molecular weight is 305 g/mol. The molecule has 2 heterocycles. The monoisotopic (exact) mass is 304 g/mol. The smallest absolute Gasteiger partial charge is 0.272 e. The predicted molar refractivity (Wildman–Crippen MR) is 78.3 cm³/mol. The second kappa shape index (κ2) is 5.57. The zero-order chi connectivity index (χ0) is 14.8. The van der Waals surface area contributed by atoms with Crippen molar-refractivity contribution >= 4 is 29.1 Å². The van der Waals surface area contributed by atoms with Crippen molar-refractivity contribution in [3.05, 3.63) is 47.2 Å². The molecule has 0 spiro atoms. The molecule has 7 heteroatoms. The summed E-state index contributed by atoms with van der Waals surface area (Å²) in [5.41, 5.74) is 1.14. The van der Waals surface area contributed by atoms with Crippen molar-refractivity contribution in [3.63, 3.8) is 0 Å². The van der Waals surface area contributed by atoms with Gasteiger partial charge in [0.2, 0.25) is 5.91 Å². The zero-order valence-electron chi connectivity index (χ0n) is 11.1. The van der Waals surface area contributed by atoms with Crippen LogP contribution in [0.15, 0.2) is 36.5 Å². The van der Waals surface area contributed by atoms with Crippen LogP contribution in [0.4, 0.5) is 5.69 Å². The Labute approximate surface area is 126 Å². The summed E-state index contributed by atoms with van der Waals surface area (Å²) in [6.07, 6.45) is 1.51. The van der Waals surface area contributed by atoms with Crippen molar-refractivity contribution in [1.29, 1.82) is 0 Å². The minimum absolute atomic E-state index is 0.0460. The van der Waals surface area contributed by atoms with Crippen molar-refractivity contribution in [2.45, 2.75) is 0 Å². The van der Waals surface area contributed by atoms with Crippen LogP contribution in [-0.2, 0) is 4.79 Å². The van der Waals surface area contributed by atoms with E-state index in [-0.39, 0.29) is 18.4 Å². The summed E-state index contributed by atoms with van der Waals surface area (Å²) in [4.78, 5) is 27.6. The molecule has 0 aliphatic carbocycles. The summed E-state index contributed by atoms with van der Waals surface area (Å²) in [7, 11) is 0. The second-order valence-electron chi connectivity index (χ2n) is 4.72. The number of aromatic nitrogens is 2. The fourth-order valence-electron chi connectivity index (χ4n) is 2.31. The molecule has 1 aromatic carbocycles. The number of nitrogens with zero attached hydrogens (tertiary/aromatic N) is 3. The number of H-pyrrole nitrogens is 1. The molecule has 0 unspecified atom stereocenters. The molecule has 1 aliphatic rings. The number of amides is 2. The van der Waals surface area contributed by atoms with Crippen LogP contribution in [0, 0.1) is 0 Å². The molecular weight excluding hydrogens is 292 g/mol. The highest BCUT2D eigenvalue weighted by atomic mass is 35.5. The van der Waals surface area contributed by atoms with Gasteiger partial charge in [-0.15, -0.1) is 0 Å². The molecule has 1 fully saturated rings. The van der Waals surface area contributed by atoms with Crippen LogP contribution in [0.2, 0.25) is 5.02 Å². The number of hydrogen-bond acceptors (Lipinski definition) is 3. The Balaban J connectivity index is 1.73. The lowest BCUT2D eigenvalue weighted by Gasteiger charge is -2.34. The van der Waals surface area contributed by atoms with Gasteiger partial charge in [-0.25, -0.2) is 0 Å². The Morgan fingerprint density at radius 1 is 1.29 bits per heavy atom. The normalized spacial score (nSPS) is 15.4. The molecule has 1 N–H and O–H groups in total. The Hall–Kier alpha value is -2.34. The average Bonchev–Trinajstić information content (AvgIpc) is 3.00. The van der Waals surface area contributed by atoms with E-state index in [1.54, 1.807) is 29.2 Å². The third-order valence-corrected chi connectivity index (χ3v) is 3.59. The van der Waals surface area contributed by atoms with E-state index in [4.69, 9.17) is 11.6 Å². The maximum Gasteiger partial charge on any atom is 0.272 e. The number of aromatic amines is 1. The van der Waals surface area contributed by atoms with Gasteiger partial charge in [0, 0.05) is 30.0 Å². The van der Waals surface area contributed by atoms with Crippen LogP contribution in [0.25, 0.3) is 0 Å². The number of hydrogen-bond donors (Lipinski definition) is 1. The van der Waals surface area contributed by atoms with Gasteiger partial charge in [0.15, 0.2) is 0 Å². The van der Waals surface area contributed by atoms with Crippen molar-refractivity contribution in [1.82, 2.24) is 15.1 Å². The molecule has 2 amide bonds. The first-order valence-electron chi connectivity index (χ1n) is 6.50. The number of piperazine rings is 1. The summed E-state index contributed by atoms with van der Waals surface area (Å²) in [5, 5.41) is 6.94. The van der Waals surface area contributed by atoms with Crippen LogP contribution in [0.3, 0.4) is 0 Å². The minimum atomic E-state index is -0.216. The first-order valence-corrected chi connectivity index (χ1v) is 6.87. The van der Waals surface area contributed by atoms with E-state index in [1.807, 2.05) is 6.07 Å². The van der Waals surface area contributed by atoms with E-state index in [9.17, 15) is 9.59 Å². The van der Waals surface area contributed by atoms with E-state index < -0.39 is 0 Å². The van der Waals surface area contributed by atoms with Crippen molar-refractivity contribution in [2.75, 3.05) is 24.5 Å². The zero-order valence-corrected chi connectivity index (χ0v) is 11.9. The van der Waals surface area contributed by atoms with Gasteiger partial charge >= 0.3 is 0 Å². The summed E-state index contributed by atoms with van der Waals surface area (Å²) in [6, 6.07) is 8.72. The van der Waals surface area contributed by atoms with Gasteiger partial charge in [-0.1, -0.05) is 17.7 Å². The molecular formula is C14H13ClN4O2. The van der Waals surface area contributed by atoms with E-state index in [0.29, 0.717) is 23.8 Å². The maximum absolute atomic E-state index is 12.3. The van der Waals surface area contributed by atoms with E-state index in [1.165, 1.54) is 11.1 Å². The number of carbonyl (C=O) groups excluding carboxylic acids is 2. The summed E-state index contributed by atoms with van der Waals surface area (Å²) >= 11 is 5.94. The van der Waals surface area contributed by atoms with E-state index in [0.717, 1.165) is 5.69 Å². The Morgan fingerprint density at radius 3 is 2.81 bits per heavy atom. The fourth-order valence-corrected chi connectivity index (χ4v) is 2.49.